The lowest BCUT2D eigenvalue weighted by Gasteiger charge is -2.22. The monoisotopic (exact) mass is 450 g/mol. The van der Waals surface area contributed by atoms with Crippen LogP contribution in [-0.4, -0.2) is 45.7 Å². The van der Waals surface area contributed by atoms with Gasteiger partial charge in [-0.3, -0.25) is 0 Å². The fourth-order valence-corrected chi connectivity index (χ4v) is 6.30. The molecule has 0 saturated heterocycles. The molecule has 2 aliphatic carbocycles. The highest BCUT2D eigenvalue weighted by molar-refractivity contribution is 7.99. The molecule has 2 rings (SSSR count). The Labute approximate surface area is 153 Å². The van der Waals surface area contributed by atoms with Crippen LogP contribution in [0.15, 0.2) is 45.8 Å². The van der Waals surface area contributed by atoms with E-state index in [9.17, 15) is 34.0 Å². The number of halogens is 4. The quantitative estimate of drug-likeness (QED) is 0.462. The highest BCUT2D eigenvalue weighted by Gasteiger charge is 2.41. The lowest BCUT2D eigenvalue weighted by Crippen LogP contribution is -2.32. The van der Waals surface area contributed by atoms with Crippen molar-refractivity contribution in [3.63, 3.8) is 0 Å². The molecule has 0 heterocycles. The lowest BCUT2D eigenvalue weighted by atomic mass is 10.1. The molecule has 0 bridgehead atoms. The molecule has 13 heteroatoms. The highest BCUT2D eigenvalue weighted by atomic mass is 35.5. The Morgan fingerprint density at radius 3 is 1.36 bits per heavy atom. The number of hydrogen-bond acceptors (Lipinski definition) is 6. The van der Waals surface area contributed by atoms with Crippen LogP contribution in [0.4, 0.5) is 8.78 Å². The van der Waals surface area contributed by atoms with Gasteiger partial charge in [0.1, 0.15) is 32.1 Å². The first-order valence-corrected chi connectivity index (χ1v) is 10.6. The van der Waals surface area contributed by atoms with Gasteiger partial charge in [-0.2, -0.15) is 16.8 Å². The van der Waals surface area contributed by atoms with Gasteiger partial charge in [0.2, 0.25) is 30.4 Å². The molecule has 0 aliphatic heterocycles. The normalized spacial score (nSPS) is 24.2. The Kier molecular flexibility index (Phi) is 5.74. The van der Waals surface area contributed by atoms with Gasteiger partial charge in [-0.05, 0) is 24.3 Å². The van der Waals surface area contributed by atoms with E-state index in [0.29, 0.717) is 12.2 Å². The molecular weight excluding hydrogens is 445 g/mol. The van der Waals surface area contributed by atoms with Gasteiger partial charge in [-0.25, -0.2) is 17.2 Å². The first-order chi connectivity index (χ1) is 11.5. The van der Waals surface area contributed by atoms with Crippen LogP contribution in [-0.2, 0) is 30.4 Å². The molecule has 0 aromatic carbocycles. The summed E-state index contributed by atoms with van der Waals surface area (Å²) in [6.07, 6.45) is 2.62. The van der Waals surface area contributed by atoms with E-state index in [1.807, 2.05) is 0 Å². The van der Waals surface area contributed by atoms with E-state index >= 15 is 0 Å². The van der Waals surface area contributed by atoms with Crippen LogP contribution in [0.1, 0.15) is 0 Å². The van der Waals surface area contributed by atoms with Gasteiger partial charge in [-0.1, -0.05) is 0 Å². The van der Waals surface area contributed by atoms with E-state index in [4.69, 9.17) is 23.2 Å². The van der Waals surface area contributed by atoms with Gasteiger partial charge in [-0.15, -0.1) is 23.2 Å². The Hall–Kier alpha value is -1.27. The average Bonchev–Trinajstić information content (AvgIpc) is 2.45. The molecule has 2 unspecified atom stereocenters. The van der Waals surface area contributed by atoms with Crippen LogP contribution < -0.4 is 0 Å². The van der Waals surface area contributed by atoms with Gasteiger partial charge in [0.05, 0.1) is 9.81 Å². The van der Waals surface area contributed by atoms with E-state index in [-0.39, 0.29) is 0 Å². The maximum atomic E-state index is 13.6. The van der Waals surface area contributed by atoms with E-state index in [2.05, 4.69) is 0 Å². The largest absolute Gasteiger partial charge is 0.222 e. The second-order valence-corrected chi connectivity index (χ2v) is 9.23. The van der Waals surface area contributed by atoms with Crippen LogP contribution in [0.2, 0.25) is 0 Å². The summed E-state index contributed by atoms with van der Waals surface area (Å²) < 4.78 is 96.7. The molecule has 0 aromatic heterocycles. The van der Waals surface area contributed by atoms with E-state index < -0.39 is 72.4 Å². The van der Waals surface area contributed by atoms with Gasteiger partial charge in [0.25, 0.3) is 0 Å². The van der Waals surface area contributed by atoms with Gasteiger partial charge >= 0.3 is 0 Å². The van der Waals surface area contributed by atoms with Gasteiger partial charge in [0, 0.05) is 0 Å². The van der Waals surface area contributed by atoms with Crippen LogP contribution in [0, 0.1) is 0 Å². The molecule has 0 amide bonds. The Balaban J connectivity index is 2.69. The molecule has 136 valence electrons. The van der Waals surface area contributed by atoms with Crippen molar-refractivity contribution in [2.24, 2.45) is 0 Å². The second-order valence-electron chi connectivity index (χ2n) is 4.59. The molecule has 0 spiro atoms. The molecule has 2 atom stereocenters. The molecule has 6 nitrogen and oxygen atoms in total. The fourth-order valence-electron chi connectivity index (χ4n) is 2.06. The minimum absolute atomic E-state index is 0.580. The number of hydrogen-bond donors (Lipinski definition) is 0. The van der Waals surface area contributed by atoms with E-state index in [1.165, 1.54) is 0 Å². The smallest absolute Gasteiger partial charge is 0.219 e. The summed E-state index contributed by atoms with van der Waals surface area (Å²) in [5.74, 6) is -2.49. The van der Waals surface area contributed by atoms with Crippen molar-refractivity contribution in [1.29, 1.82) is 0 Å². The summed E-state index contributed by atoms with van der Waals surface area (Å²) >= 11 is 11.5. The Morgan fingerprint density at radius 1 is 0.760 bits per heavy atom. The Bertz CT molecular complexity index is 1050. The summed E-state index contributed by atoms with van der Waals surface area (Å²) in [4.78, 5) is -3.47. The van der Waals surface area contributed by atoms with Crippen LogP contribution in [0.3, 0.4) is 0 Å². The van der Waals surface area contributed by atoms with Crippen molar-refractivity contribution in [1.82, 2.24) is 0 Å². The SMILES string of the molecule is O=S(=O)=C1C(F)=CC=C(S(=O)(=O)C2=CC=C(F)C(=S(=O)=O)C2Cl)C1Cl. The zero-order valence-corrected chi connectivity index (χ0v) is 15.6. The van der Waals surface area contributed by atoms with Crippen LogP contribution >= 0.6 is 23.2 Å². The molecule has 25 heavy (non-hydrogen) atoms. The Morgan fingerprint density at radius 2 is 1.08 bits per heavy atom. The fraction of sp³-hybridized carbons (Fsp3) is 0.167. The van der Waals surface area contributed by atoms with Crippen molar-refractivity contribution in [2.45, 2.75) is 10.8 Å². The second kappa shape index (κ2) is 7.16. The highest BCUT2D eigenvalue weighted by Crippen LogP contribution is 2.35. The number of allylic oxidation sites excluding steroid dienone is 8. The third-order valence-electron chi connectivity index (χ3n) is 3.20. The molecule has 0 N–H and O–H groups in total. The molecule has 0 radical (unpaired) electrons. The van der Waals surface area contributed by atoms with E-state index in [0.717, 1.165) is 12.2 Å². The predicted octanol–water partition coefficient (Wildman–Crippen LogP) is 1.22. The maximum Gasteiger partial charge on any atom is 0.222 e. The summed E-state index contributed by atoms with van der Waals surface area (Å²) in [6.45, 7) is 0. The van der Waals surface area contributed by atoms with Crippen LogP contribution in [0.5, 0.6) is 0 Å². The minimum atomic E-state index is -4.62. The lowest BCUT2D eigenvalue weighted by molar-refractivity contribution is 0.606. The molecular formula is C12H6Cl2F2O6S3. The first kappa shape index (κ1) is 20.0. The van der Waals surface area contributed by atoms with Crippen molar-refractivity contribution < 1.29 is 34.0 Å². The zero-order valence-electron chi connectivity index (χ0n) is 11.7. The molecule has 0 saturated carbocycles. The maximum absolute atomic E-state index is 13.6. The average molecular weight is 451 g/mol. The van der Waals surface area contributed by atoms with Gasteiger partial charge in [0.15, 0.2) is 0 Å². The molecule has 0 aromatic rings. The summed E-state index contributed by atoms with van der Waals surface area (Å²) in [6, 6.07) is 0. The van der Waals surface area contributed by atoms with Crippen molar-refractivity contribution in [3.05, 3.63) is 45.8 Å². The summed E-state index contributed by atoms with van der Waals surface area (Å²) in [5.41, 5.74) is 0. The predicted molar refractivity (Wildman–Crippen MR) is 90.6 cm³/mol. The number of sulfone groups is 1. The van der Waals surface area contributed by atoms with Crippen molar-refractivity contribution in [2.75, 3.05) is 0 Å². The molecule has 0 fully saturated rings. The zero-order chi connectivity index (χ0) is 19.1. The van der Waals surface area contributed by atoms with Crippen molar-refractivity contribution >= 4 is 63.4 Å². The third-order valence-corrected chi connectivity index (χ3v) is 8.19. The number of alkyl halides is 2. The number of rotatable bonds is 2. The summed E-state index contributed by atoms with van der Waals surface area (Å²) in [5, 5.41) is -3.79. The van der Waals surface area contributed by atoms with Crippen molar-refractivity contribution in [3.8, 4) is 0 Å². The third kappa shape index (κ3) is 3.51. The summed E-state index contributed by atoms with van der Waals surface area (Å²) in [7, 11) is -10.9. The minimum Gasteiger partial charge on any atom is -0.219 e. The standard InChI is InChI=1S/C12H6Cl2F2O6S3/c13-9-7(3-1-5(15)11(9)23(17)18)25(21,22)8-4-2-6(16)12(10(8)14)24(19)20/h1-4,9-10H. The topological polar surface area (TPSA) is 102 Å². The molecule has 2 aliphatic rings. The van der Waals surface area contributed by atoms with Gasteiger partial charge < -0.3 is 0 Å². The van der Waals surface area contributed by atoms with E-state index in [1.54, 1.807) is 0 Å². The van der Waals surface area contributed by atoms with Crippen LogP contribution in [0.25, 0.3) is 0 Å². The first-order valence-electron chi connectivity index (χ1n) is 6.11.